The normalized spacial score (nSPS) is 18.2. The fourth-order valence-corrected chi connectivity index (χ4v) is 2.75. The Kier molecular flexibility index (Phi) is 3.85. The summed E-state index contributed by atoms with van der Waals surface area (Å²) in [6, 6.07) is 4.54. The number of hydrogen-bond donors (Lipinski definition) is 1. The molecule has 20 heavy (non-hydrogen) atoms. The smallest absolute Gasteiger partial charge is 0.189 e. The summed E-state index contributed by atoms with van der Waals surface area (Å²) in [7, 11) is 0. The summed E-state index contributed by atoms with van der Waals surface area (Å²) >= 11 is 0. The molecule has 0 atom stereocenters. The summed E-state index contributed by atoms with van der Waals surface area (Å²) in [5, 5.41) is 0. The van der Waals surface area contributed by atoms with E-state index in [-0.39, 0.29) is 0 Å². The van der Waals surface area contributed by atoms with Crippen LogP contribution in [0.1, 0.15) is 37.8 Å². The van der Waals surface area contributed by atoms with Crippen LogP contribution in [0.15, 0.2) is 12.1 Å². The van der Waals surface area contributed by atoms with Gasteiger partial charge in [-0.3, -0.25) is 4.90 Å². The van der Waals surface area contributed by atoms with Crippen LogP contribution in [0, 0.1) is 5.92 Å². The van der Waals surface area contributed by atoms with Crippen LogP contribution >= 0.6 is 0 Å². The van der Waals surface area contributed by atoms with Crippen LogP contribution in [0.25, 0.3) is 0 Å². The Hall–Kier alpha value is -1.26. The zero-order chi connectivity index (χ0) is 14.1. The number of nitrogens with zero attached hydrogens (tertiary/aromatic N) is 1. The van der Waals surface area contributed by atoms with Gasteiger partial charge in [0.1, 0.15) is 5.75 Å². The largest absolute Gasteiger partial charge is 0.467 e. The van der Waals surface area contributed by atoms with Gasteiger partial charge in [-0.1, -0.05) is 0 Å². The van der Waals surface area contributed by atoms with Gasteiger partial charge in [0.15, 0.2) is 6.79 Å². The SMILES string of the molecule is CC(C)N(Cc1cc(N)cc2c1OCOC2)CC1CC1. The Morgan fingerprint density at radius 2 is 2.15 bits per heavy atom. The molecule has 0 radical (unpaired) electrons. The molecule has 0 aromatic heterocycles. The number of rotatable bonds is 5. The number of nitrogen functional groups attached to an aromatic ring is 1. The lowest BCUT2D eigenvalue weighted by molar-refractivity contribution is -0.0175. The van der Waals surface area contributed by atoms with Gasteiger partial charge in [0.25, 0.3) is 0 Å². The molecule has 1 aliphatic heterocycles. The molecule has 110 valence electrons. The first-order valence-corrected chi connectivity index (χ1v) is 7.49. The molecule has 2 aliphatic rings. The molecule has 2 N–H and O–H groups in total. The molecule has 1 heterocycles. The lowest BCUT2D eigenvalue weighted by Gasteiger charge is -2.29. The topological polar surface area (TPSA) is 47.7 Å². The third-order valence-electron chi connectivity index (χ3n) is 4.10. The van der Waals surface area contributed by atoms with Crippen molar-refractivity contribution in [1.29, 1.82) is 0 Å². The summed E-state index contributed by atoms with van der Waals surface area (Å²) < 4.78 is 11.0. The lowest BCUT2D eigenvalue weighted by Crippen LogP contribution is -2.32. The molecule has 1 fully saturated rings. The summed E-state index contributed by atoms with van der Waals surface area (Å²) in [6.07, 6.45) is 2.76. The van der Waals surface area contributed by atoms with Gasteiger partial charge in [-0.15, -0.1) is 0 Å². The maximum atomic E-state index is 6.02. The number of fused-ring (bicyclic) bond motifs is 1. The van der Waals surface area contributed by atoms with Gasteiger partial charge < -0.3 is 15.2 Å². The van der Waals surface area contributed by atoms with Crippen molar-refractivity contribution < 1.29 is 9.47 Å². The van der Waals surface area contributed by atoms with E-state index in [0.717, 1.165) is 29.5 Å². The zero-order valence-electron chi connectivity index (χ0n) is 12.4. The number of hydrogen-bond acceptors (Lipinski definition) is 4. The predicted octanol–water partition coefficient (Wildman–Crippen LogP) is 2.76. The minimum Gasteiger partial charge on any atom is -0.467 e. The van der Waals surface area contributed by atoms with Crippen LogP contribution in [0.3, 0.4) is 0 Å². The van der Waals surface area contributed by atoms with Crippen molar-refractivity contribution in [3.8, 4) is 5.75 Å². The van der Waals surface area contributed by atoms with Crippen LogP contribution < -0.4 is 10.5 Å². The number of nitrogens with two attached hydrogens (primary N) is 1. The van der Waals surface area contributed by atoms with Gasteiger partial charge in [0.2, 0.25) is 0 Å². The lowest BCUT2D eigenvalue weighted by atomic mass is 10.1. The summed E-state index contributed by atoms with van der Waals surface area (Å²) in [6.45, 7) is 7.53. The molecule has 0 spiro atoms. The molecule has 0 amide bonds. The van der Waals surface area contributed by atoms with E-state index in [1.54, 1.807) is 0 Å². The molecular weight excluding hydrogens is 252 g/mol. The Morgan fingerprint density at radius 1 is 1.35 bits per heavy atom. The van der Waals surface area contributed by atoms with E-state index in [0.29, 0.717) is 19.4 Å². The molecule has 4 nitrogen and oxygen atoms in total. The van der Waals surface area contributed by atoms with Crippen molar-refractivity contribution in [2.45, 2.75) is 45.9 Å². The van der Waals surface area contributed by atoms with E-state index in [1.165, 1.54) is 24.9 Å². The van der Waals surface area contributed by atoms with E-state index >= 15 is 0 Å². The highest BCUT2D eigenvalue weighted by Crippen LogP contribution is 2.34. The maximum Gasteiger partial charge on any atom is 0.189 e. The van der Waals surface area contributed by atoms with Gasteiger partial charge in [-0.25, -0.2) is 0 Å². The molecule has 1 saturated carbocycles. The fraction of sp³-hybridized carbons (Fsp3) is 0.625. The average Bonchev–Trinajstić information content (AvgIpc) is 3.21. The van der Waals surface area contributed by atoms with E-state index < -0.39 is 0 Å². The molecule has 1 aromatic rings. The second kappa shape index (κ2) is 5.62. The second-order valence-corrected chi connectivity index (χ2v) is 6.25. The average molecular weight is 276 g/mol. The van der Waals surface area contributed by atoms with Gasteiger partial charge in [-0.05, 0) is 44.7 Å². The third-order valence-corrected chi connectivity index (χ3v) is 4.10. The van der Waals surface area contributed by atoms with Crippen LogP contribution in [-0.2, 0) is 17.9 Å². The quantitative estimate of drug-likeness (QED) is 0.840. The second-order valence-electron chi connectivity index (χ2n) is 6.25. The minimum atomic E-state index is 0.341. The van der Waals surface area contributed by atoms with Gasteiger partial charge >= 0.3 is 0 Å². The fourth-order valence-electron chi connectivity index (χ4n) is 2.75. The number of benzene rings is 1. The monoisotopic (exact) mass is 276 g/mol. The Balaban J connectivity index is 1.82. The van der Waals surface area contributed by atoms with Crippen molar-refractivity contribution in [3.05, 3.63) is 23.3 Å². The van der Waals surface area contributed by atoms with Crippen molar-refractivity contribution in [3.63, 3.8) is 0 Å². The van der Waals surface area contributed by atoms with Crippen molar-refractivity contribution >= 4 is 5.69 Å². The first-order valence-electron chi connectivity index (χ1n) is 7.49. The predicted molar refractivity (Wildman–Crippen MR) is 79.4 cm³/mol. The van der Waals surface area contributed by atoms with Crippen LogP contribution in [0.4, 0.5) is 5.69 Å². The van der Waals surface area contributed by atoms with E-state index in [1.807, 2.05) is 12.1 Å². The molecule has 1 aromatic carbocycles. The molecule has 3 rings (SSSR count). The highest BCUT2D eigenvalue weighted by atomic mass is 16.7. The van der Waals surface area contributed by atoms with E-state index in [9.17, 15) is 0 Å². The van der Waals surface area contributed by atoms with E-state index in [4.69, 9.17) is 15.2 Å². The third kappa shape index (κ3) is 3.07. The van der Waals surface area contributed by atoms with Crippen molar-refractivity contribution in [2.24, 2.45) is 5.92 Å². The van der Waals surface area contributed by atoms with E-state index in [2.05, 4.69) is 18.7 Å². The maximum absolute atomic E-state index is 6.02. The van der Waals surface area contributed by atoms with Crippen molar-refractivity contribution in [2.75, 3.05) is 19.1 Å². The Labute approximate surface area is 120 Å². The summed E-state index contributed by atoms with van der Waals surface area (Å²) in [4.78, 5) is 2.52. The molecule has 0 saturated heterocycles. The first kappa shape index (κ1) is 13.7. The zero-order valence-corrected chi connectivity index (χ0v) is 12.4. The molecule has 0 unspecified atom stereocenters. The van der Waals surface area contributed by atoms with Crippen LogP contribution in [0.2, 0.25) is 0 Å². The molecule has 1 aliphatic carbocycles. The molecular formula is C16H24N2O2. The van der Waals surface area contributed by atoms with Crippen LogP contribution in [-0.4, -0.2) is 24.3 Å². The van der Waals surface area contributed by atoms with Gasteiger partial charge in [0.05, 0.1) is 6.61 Å². The number of anilines is 1. The van der Waals surface area contributed by atoms with Gasteiger partial charge in [-0.2, -0.15) is 0 Å². The standard InChI is InChI=1S/C16H24N2O2/c1-11(2)18(7-12-3-4-12)8-13-5-15(17)6-14-9-19-10-20-16(13)14/h5-6,11-12H,3-4,7-10,17H2,1-2H3. The molecule has 4 heteroatoms. The Morgan fingerprint density at radius 3 is 2.85 bits per heavy atom. The first-order chi connectivity index (χ1) is 9.63. The summed E-state index contributed by atoms with van der Waals surface area (Å²) in [5.74, 6) is 1.87. The Bertz CT molecular complexity index is 484. The number of ether oxygens (including phenoxy) is 2. The molecule has 0 bridgehead atoms. The highest BCUT2D eigenvalue weighted by molar-refractivity contribution is 5.53. The van der Waals surface area contributed by atoms with Gasteiger partial charge in [0, 0.05) is 35.9 Å². The minimum absolute atomic E-state index is 0.341. The van der Waals surface area contributed by atoms with Crippen molar-refractivity contribution in [1.82, 2.24) is 4.90 Å². The highest BCUT2D eigenvalue weighted by Gasteiger charge is 2.26. The van der Waals surface area contributed by atoms with Crippen LogP contribution in [0.5, 0.6) is 5.75 Å². The summed E-state index contributed by atoms with van der Waals surface area (Å²) in [5.41, 5.74) is 9.08.